The molecule has 0 spiro atoms. The Morgan fingerprint density at radius 1 is 1.47 bits per heavy atom. The third-order valence-corrected chi connectivity index (χ3v) is 3.23. The van der Waals surface area contributed by atoms with Crippen LogP contribution in [0.15, 0.2) is 36.9 Å². The molecule has 1 aromatic rings. The monoisotopic (exact) mass is 229 g/mol. The summed E-state index contributed by atoms with van der Waals surface area (Å²) in [4.78, 5) is 25.7. The molecule has 0 saturated heterocycles. The molecule has 0 fully saturated rings. The van der Waals surface area contributed by atoms with Gasteiger partial charge in [0, 0.05) is 12.5 Å². The van der Waals surface area contributed by atoms with Crippen molar-refractivity contribution >= 4 is 17.4 Å². The zero-order valence-corrected chi connectivity index (χ0v) is 10.1. The second-order valence-corrected chi connectivity index (χ2v) is 4.47. The van der Waals surface area contributed by atoms with Crippen LogP contribution >= 0.6 is 0 Å². The molecule has 1 aliphatic heterocycles. The predicted octanol–water partition coefficient (Wildman–Crippen LogP) is 2.57. The van der Waals surface area contributed by atoms with Crippen molar-refractivity contribution < 1.29 is 9.59 Å². The van der Waals surface area contributed by atoms with Crippen LogP contribution in [0.4, 0.5) is 5.69 Å². The first kappa shape index (κ1) is 11.6. The van der Waals surface area contributed by atoms with E-state index in [-0.39, 0.29) is 11.7 Å². The van der Waals surface area contributed by atoms with Crippen molar-refractivity contribution in [3.8, 4) is 0 Å². The normalized spacial score (nSPS) is 22.5. The van der Waals surface area contributed by atoms with E-state index in [0.29, 0.717) is 17.7 Å². The lowest BCUT2D eigenvalue weighted by molar-refractivity contribution is -0.117. The molecular weight excluding hydrogens is 214 g/mol. The van der Waals surface area contributed by atoms with Gasteiger partial charge in [0.25, 0.3) is 0 Å². The van der Waals surface area contributed by atoms with Crippen LogP contribution in [0.1, 0.15) is 30.6 Å². The summed E-state index contributed by atoms with van der Waals surface area (Å²) < 4.78 is 0. The fraction of sp³-hybridized carbons (Fsp3) is 0.286. The van der Waals surface area contributed by atoms with Gasteiger partial charge in [0.2, 0.25) is 5.91 Å². The number of carbonyl (C=O) groups excluding carboxylic acids is 2. The van der Waals surface area contributed by atoms with E-state index >= 15 is 0 Å². The van der Waals surface area contributed by atoms with Crippen molar-refractivity contribution in [3.05, 3.63) is 42.5 Å². The van der Waals surface area contributed by atoms with Crippen LogP contribution in [0, 0.1) is 0 Å². The molecule has 1 aliphatic rings. The van der Waals surface area contributed by atoms with E-state index in [9.17, 15) is 9.59 Å². The zero-order valence-electron chi connectivity index (χ0n) is 10.1. The minimum Gasteiger partial charge on any atom is -0.298 e. The van der Waals surface area contributed by atoms with Crippen molar-refractivity contribution in [1.29, 1.82) is 0 Å². The summed E-state index contributed by atoms with van der Waals surface area (Å²) in [6, 6.07) is 7.22. The molecule has 1 amide bonds. The maximum Gasteiger partial charge on any atom is 0.224 e. The highest BCUT2D eigenvalue weighted by molar-refractivity contribution is 6.20. The highest BCUT2D eigenvalue weighted by atomic mass is 16.2. The zero-order chi connectivity index (χ0) is 12.6. The number of Topliss-reactive ketones (excluding diaryl/α,β-unsaturated/α-hetero) is 1. The average Bonchev–Trinajstić information content (AvgIpc) is 2.49. The highest BCUT2D eigenvalue weighted by Crippen LogP contribution is 2.40. The van der Waals surface area contributed by atoms with E-state index in [0.717, 1.165) is 0 Å². The lowest BCUT2D eigenvalue weighted by Crippen LogP contribution is -2.49. The summed E-state index contributed by atoms with van der Waals surface area (Å²) in [5.74, 6) is -0.129. The average molecular weight is 229 g/mol. The Hall–Kier alpha value is -1.90. The Morgan fingerprint density at radius 3 is 2.71 bits per heavy atom. The minimum absolute atomic E-state index is 0.0109. The predicted molar refractivity (Wildman–Crippen MR) is 67.2 cm³/mol. The molecular formula is C14H15NO2. The van der Waals surface area contributed by atoms with Gasteiger partial charge in [0.05, 0.1) is 5.69 Å². The summed E-state index contributed by atoms with van der Waals surface area (Å²) in [7, 11) is 0. The molecule has 0 bridgehead atoms. The summed E-state index contributed by atoms with van der Waals surface area (Å²) in [5.41, 5.74) is 0.499. The number of benzene rings is 1. The molecule has 0 aromatic heterocycles. The molecule has 1 unspecified atom stereocenters. The third-order valence-electron chi connectivity index (χ3n) is 3.23. The van der Waals surface area contributed by atoms with Crippen molar-refractivity contribution in [1.82, 2.24) is 0 Å². The summed E-state index contributed by atoms with van der Waals surface area (Å²) in [5, 5.41) is 0. The maximum absolute atomic E-state index is 12.4. The number of rotatable bonds is 2. The van der Waals surface area contributed by atoms with Gasteiger partial charge in [-0.1, -0.05) is 18.2 Å². The quantitative estimate of drug-likeness (QED) is 0.731. The molecule has 0 saturated carbocycles. The van der Waals surface area contributed by atoms with Crippen molar-refractivity contribution in [2.75, 3.05) is 4.90 Å². The van der Waals surface area contributed by atoms with Gasteiger partial charge in [-0.05, 0) is 25.5 Å². The van der Waals surface area contributed by atoms with Crippen LogP contribution in [0.25, 0.3) is 0 Å². The Balaban J connectivity index is 2.63. The lowest BCUT2D eigenvalue weighted by Gasteiger charge is -2.32. The van der Waals surface area contributed by atoms with Crippen LogP contribution in [0.2, 0.25) is 0 Å². The first-order valence-corrected chi connectivity index (χ1v) is 5.58. The van der Waals surface area contributed by atoms with Gasteiger partial charge >= 0.3 is 0 Å². The summed E-state index contributed by atoms with van der Waals surface area (Å²) >= 11 is 0. The number of fused-ring (bicyclic) bond motifs is 1. The molecule has 1 aromatic carbocycles. The second kappa shape index (κ2) is 3.84. The summed E-state index contributed by atoms with van der Waals surface area (Å²) in [6.07, 6.45) is 2.14. The number of carbonyl (C=O) groups is 2. The van der Waals surface area contributed by atoms with Crippen LogP contribution in [-0.2, 0) is 4.79 Å². The SMILES string of the molecule is C=CCC1(C)C(=O)c2ccccc2N1C(C)=O. The number of para-hydroxylation sites is 1. The van der Waals surface area contributed by atoms with Gasteiger partial charge in [-0.3, -0.25) is 14.5 Å². The minimum atomic E-state index is -0.822. The standard InChI is InChI=1S/C14H15NO2/c1-4-9-14(3)13(17)11-7-5-6-8-12(11)15(14)10(2)16/h4-8H,1,9H2,2-3H3. The Kier molecular flexibility index (Phi) is 2.62. The molecule has 1 heterocycles. The Labute approximate surface area is 101 Å². The Bertz CT molecular complexity index is 507. The molecule has 2 rings (SSSR count). The van der Waals surface area contributed by atoms with Crippen LogP contribution in [0.3, 0.4) is 0 Å². The number of amides is 1. The molecule has 0 N–H and O–H groups in total. The fourth-order valence-corrected chi connectivity index (χ4v) is 2.50. The van der Waals surface area contributed by atoms with Gasteiger partial charge in [0.1, 0.15) is 5.54 Å². The van der Waals surface area contributed by atoms with Crippen LogP contribution in [-0.4, -0.2) is 17.2 Å². The fourth-order valence-electron chi connectivity index (χ4n) is 2.50. The molecule has 1 atom stereocenters. The van der Waals surface area contributed by atoms with Crippen molar-refractivity contribution in [2.45, 2.75) is 25.8 Å². The third kappa shape index (κ3) is 1.50. The van der Waals surface area contributed by atoms with Crippen LogP contribution in [0.5, 0.6) is 0 Å². The van der Waals surface area contributed by atoms with Gasteiger partial charge in [-0.25, -0.2) is 0 Å². The lowest BCUT2D eigenvalue weighted by atomic mass is 9.91. The number of nitrogens with zero attached hydrogens (tertiary/aromatic N) is 1. The van der Waals surface area contributed by atoms with E-state index in [4.69, 9.17) is 0 Å². The molecule has 88 valence electrons. The molecule has 3 nitrogen and oxygen atoms in total. The van der Waals surface area contributed by atoms with E-state index in [2.05, 4.69) is 6.58 Å². The van der Waals surface area contributed by atoms with E-state index in [1.165, 1.54) is 6.92 Å². The van der Waals surface area contributed by atoms with E-state index in [1.807, 2.05) is 18.2 Å². The number of hydrogen-bond donors (Lipinski definition) is 0. The van der Waals surface area contributed by atoms with Crippen LogP contribution < -0.4 is 4.90 Å². The molecule has 0 aliphatic carbocycles. The number of ketones is 1. The highest BCUT2D eigenvalue weighted by Gasteiger charge is 2.48. The molecule has 17 heavy (non-hydrogen) atoms. The van der Waals surface area contributed by atoms with Gasteiger partial charge in [0.15, 0.2) is 5.78 Å². The first-order chi connectivity index (χ1) is 8.02. The maximum atomic E-state index is 12.4. The number of hydrogen-bond acceptors (Lipinski definition) is 2. The van der Waals surface area contributed by atoms with Gasteiger partial charge in [-0.15, -0.1) is 6.58 Å². The van der Waals surface area contributed by atoms with Gasteiger partial charge in [-0.2, -0.15) is 0 Å². The van der Waals surface area contributed by atoms with Gasteiger partial charge < -0.3 is 0 Å². The number of anilines is 1. The topological polar surface area (TPSA) is 37.4 Å². The first-order valence-electron chi connectivity index (χ1n) is 5.58. The van der Waals surface area contributed by atoms with Crippen molar-refractivity contribution in [3.63, 3.8) is 0 Å². The Morgan fingerprint density at radius 2 is 2.12 bits per heavy atom. The van der Waals surface area contributed by atoms with E-state index in [1.54, 1.807) is 24.0 Å². The van der Waals surface area contributed by atoms with E-state index < -0.39 is 5.54 Å². The largest absolute Gasteiger partial charge is 0.298 e. The van der Waals surface area contributed by atoms with Crippen molar-refractivity contribution in [2.24, 2.45) is 0 Å². The smallest absolute Gasteiger partial charge is 0.224 e. The molecule has 0 radical (unpaired) electrons. The second-order valence-electron chi connectivity index (χ2n) is 4.47. The molecule has 3 heteroatoms. The summed E-state index contributed by atoms with van der Waals surface area (Å²) in [6.45, 7) is 6.94.